The van der Waals surface area contributed by atoms with Crippen LogP contribution in [-0.4, -0.2) is 18.1 Å². The summed E-state index contributed by atoms with van der Waals surface area (Å²) < 4.78 is 0. The SMILES string of the molecule is CN1C(=O)Cc2ccc(NC(N)=S)cc21. The van der Waals surface area contributed by atoms with Crippen molar-refractivity contribution in [1.82, 2.24) is 0 Å². The zero-order valence-corrected chi connectivity index (χ0v) is 9.10. The van der Waals surface area contributed by atoms with E-state index < -0.39 is 0 Å². The summed E-state index contributed by atoms with van der Waals surface area (Å²) in [6.45, 7) is 0. The second kappa shape index (κ2) is 3.51. The van der Waals surface area contributed by atoms with E-state index in [0.29, 0.717) is 6.42 Å². The monoisotopic (exact) mass is 221 g/mol. The molecule has 0 aliphatic carbocycles. The van der Waals surface area contributed by atoms with E-state index in [0.717, 1.165) is 16.9 Å². The molecule has 0 unspecified atom stereocenters. The summed E-state index contributed by atoms with van der Waals surface area (Å²) >= 11 is 4.74. The fourth-order valence-corrected chi connectivity index (χ4v) is 1.78. The molecule has 78 valence electrons. The first-order valence-corrected chi connectivity index (χ1v) is 4.94. The maximum Gasteiger partial charge on any atom is 0.231 e. The van der Waals surface area contributed by atoms with E-state index in [2.05, 4.69) is 5.32 Å². The molecule has 0 saturated carbocycles. The second-order valence-corrected chi connectivity index (χ2v) is 3.90. The van der Waals surface area contributed by atoms with Crippen molar-refractivity contribution in [3.63, 3.8) is 0 Å². The van der Waals surface area contributed by atoms with Crippen molar-refractivity contribution in [3.05, 3.63) is 23.8 Å². The van der Waals surface area contributed by atoms with Crippen molar-refractivity contribution in [2.75, 3.05) is 17.3 Å². The van der Waals surface area contributed by atoms with Gasteiger partial charge in [0.15, 0.2) is 5.11 Å². The number of likely N-dealkylation sites (N-methyl/N-ethyl adjacent to an activating group) is 1. The van der Waals surface area contributed by atoms with Crippen molar-refractivity contribution in [2.45, 2.75) is 6.42 Å². The summed E-state index contributed by atoms with van der Waals surface area (Å²) in [5.74, 6) is 0.109. The third-order valence-corrected chi connectivity index (χ3v) is 2.53. The van der Waals surface area contributed by atoms with Crippen LogP contribution in [-0.2, 0) is 11.2 Å². The number of carbonyl (C=O) groups is 1. The first-order valence-electron chi connectivity index (χ1n) is 4.54. The Labute approximate surface area is 93.1 Å². The standard InChI is InChI=1S/C10H11N3OS/c1-13-8-5-7(12-10(11)15)3-2-6(8)4-9(13)14/h2-3,5H,4H2,1H3,(H3,11,12,15). The van der Waals surface area contributed by atoms with Gasteiger partial charge in [0.1, 0.15) is 0 Å². The Bertz CT molecular complexity index is 444. The number of thiocarbonyl (C=S) groups is 1. The van der Waals surface area contributed by atoms with Gasteiger partial charge in [-0.2, -0.15) is 0 Å². The lowest BCUT2D eigenvalue weighted by atomic mass is 10.1. The molecule has 15 heavy (non-hydrogen) atoms. The van der Waals surface area contributed by atoms with Gasteiger partial charge in [0.25, 0.3) is 0 Å². The molecule has 5 heteroatoms. The summed E-state index contributed by atoms with van der Waals surface area (Å²) in [6.07, 6.45) is 0.471. The van der Waals surface area contributed by atoms with Gasteiger partial charge >= 0.3 is 0 Å². The molecule has 0 radical (unpaired) electrons. The molecule has 0 spiro atoms. The summed E-state index contributed by atoms with van der Waals surface area (Å²) in [5.41, 5.74) is 8.14. The molecule has 1 aromatic rings. The lowest BCUT2D eigenvalue weighted by Crippen LogP contribution is -2.21. The van der Waals surface area contributed by atoms with Gasteiger partial charge in [-0.1, -0.05) is 6.07 Å². The Morgan fingerprint density at radius 2 is 2.33 bits per heavy atom. The van der Waals surface area contributed by atoms with Crippen LogP contribution >= 0.6 is 12.2 Å². The van der Waals surface area contributed by atoms with E-state index in [9.17, 15) is 4.79 Å². The number of nitrogens with two attached hydrogens (primary N) is 1. The lowest BCUT2D eigenvalue weighted by Gasteiger charge is -2.11. The van der Waals surface area contributed by atoms with Crippen LogP contribution in [0.1, 0.15) is 5.56 Å². The molecular weight excluding hydrogens is 210 g/mol. The number of hydrogen-bond donors (Lipinski definition) is 2. The molecule has 0 aromatic heterocycles. The van der Waals surface area contributed by atoms with Crippen LogP contribution < -0.4 is 16.0 Å². The first-order chi connectivity index (χ1) is 7.08. The van der Waals surface area contributed by atoms with Crippen LogP contribution in [0.5, 0.6) is 0 Å². The van der Waals surface area contributed by atoms with Crippen LogP contribution in [0.4, 0.5) is 11.4 Å². The zero-order valence-electron chi connectivity index (χ0n) is 8.28. The zero-order chi connectivity index (χ0) is 11.0. The fourth-order valence-electron chi connectivity index (χ4n) is 1.66. The van der Waals surface area contributed by atoms with Crippen LogP contribution in [0.25, 0.3) is 0 Å². The molecule has 4 nitrogen and oxygen atoms in total. The minimum atomic E-state index is 0.109. The number of benzene rings is 1. The highest BCUT2D eigenvalue weighted by Gasteiger charge is 2.23. The number of nitrogens with one attached hydrogen (secondary N) is 1. The Morgan fingerprint density at radius 3 is 3.00 bits per heavy atom. The fraction of sp³-hybridized carbons (Fsp3) is 0.200. The van der Waals surface area contributed by atoms with Crippen LogP contribution in [0, 0.1) is 0 Å². The number of carbonyl (C=O) groups excluding carboxylic acids is 1. The number of nitrogens with zero attached hydrogens (tertiary/aromatic N) is 1. The van der Waals surface area contributed by atoms with Crippen molar-refractivity contribution in [2.24, 2.45) is 5.73 Å². The van der Waals surface area contributed by atoms with Crippen LogP contribution in [0.2, 0.25) is 0 Å². The predicted octanol–water partition coefficient (Wildman–Crippen LogP) is 0.861. The summed E-state index contributed by atoms with van der Waals surface area (Å²) in [6, 6.07) is 5.65. The van der Waals surface area contributed by atoms with Gasteiger partial charge in [0.2, 0.25) is 5.91 Å². The maximum atomic E-state index is 11.4. The third-order valence-electron chi connectivity index (χ3n) is 2.43. The average Bonchev–Trinajstić information content (AvgIpc) is 2.43. The minimum absolute atomic E-state index is 0.109. The lowest BCUT2D eigenvalue weighted by molar-refractivity contribution is -0.117. The second-order valence-electron chi connectivity index (χ2n) is 3.46. The van der Waals surface area contributed by atoms with Gasteiger partial charge in [0.05, 0.1) is 6.42 Å². The Kier molecular flexibility index (Phi) is 2.32. The van der Waals surface area contributed by atoms with E-state index in [1.165, 1.54) is 0 Å². The Hall–Kier alpha value is -1.62. The Morgan fingerprint density at radius 1 is 1.60 bits per heavy atom. The molecule has 3 N–H and O–H groups in total. The summed E-state index contributed by atoms with van der Waals surface area (Å²) in [5, 5.41) is 3.07. The highest BCUT2D eigenvalue weighted by molar-refractivity contribution is 7.80. The average molecular weight is 221 g/mol. The first kappa shape index (κ1) is 9.92. The largest absolute Gasteiger partial charge is 0.376 e. The topological polar surface area (TPSA) is 58.4 Å². The normalized spacial score (nSPS) is 13.9. The summed E-state index contributed by atoms with van der Waals surface area (Å²) in [4.78, 5) is 13.1. The van der Waals surface area contributed by atoms with Crippen molar-refractivity contribution in [3.8, 4) is 0 Å². The van der Waals surface area contributed by atoms with Gasteiger partial charge in [-0.15, -0.1) is 0 Å². The quantitative estimate of drug-likeness (QED) is 0.691. The van der Waals surface area contributed by atoms with E-state index in [1.54, 1.807) is 11.9 Å². The molecule has 2 rings (SSSR count). The molecule has 0 bridgehead atoms. The van der Waals surface area contributed by atoms with Crippen LogP contribution in [0.3, 0.4) is 0 Å². The van der Waals surface area contributed by atoms with Crippen LogP contribution in [0.15, 0.2) is 18.2 Å². The number of amides is 1. The minimum Gasteiger partial charge on any atom is -0.376 e. The van der Waals surface area contributed by atoms with Crippen molar-refractivity contribution >= 4 is 34.6 Å². The van der Waals surface area contributed by atoms with E-state index >= 15 is 0 Å². The van der Waals surface area contributed by atoms with E-state index in [-0.39, 0.29) is 11.0 Å². The van der Waals surface area contributed by atoms with Crippen molar-refractivity contribution < 1.29 is 4.79 Å². The number of fused-ring (bicyclic) bond motifs is 1. The molecule has 1 aliphatic heterocycles. The number of rotatable bonds is 1. The highest BCUT2D eigenvalue weighted by Crippen LogP contribution is 2.30. The highest BCUT2D eigenvalue weighted by atomic mass is 32.1. The third kappa shape index (κ3) is 1.78. The van der Waals surface area contributed by atoms with Gasteiger partial charge in [0, 0.05) is 18.4 Å². The van der Waals surface area contributed by atoms with Gasteiger partial charge in [-0.25, -0.2) is 0 Å². The Balaban J connectivity index is 2.35. The van der Waals surface area contributed by atoms with Crippen molar-refractivity contribution in [1.29, 1.82) is 0 Å². The van der Waals surface area contributed by atoms with E-state index in [1.807, 2.05) is 18.2 Å². The molecule has 1 aliphatic rings. The molecular formula is C10H11N3OS. The van der Waals surface area contributed by atoms with Gasteiger partial charge < -0.3 is 16.0 Å². The molecule has 0 saturated heterocycles. The maximum absolute atomic E-state index is 11.4. The summed E-state index contributed by atoms with van der Waals surface area (Å²) in [7, 11) is 1.76. The molecule has 0 atom stereocenters. The predicted molar refractivity (Wildman–Crippen MR) is 64.0 cm³/mol. The van der Waals surface area contributed by atoms with Gasteiger partial charge in [-0.05, 0) is 29.9 Å². The smallest absolute Gasteiger partial charge is 0.231 e. The molecule has 1 heterocycles. The molecule has 0 fully saturated rings. The number of hydrogen-bond acceptors (Lipinski definition) is 2. The molecule has 1 amide bonds. The number of anilines is 2. The molecule has 1 aromatic carbocycles. The van der Waals surface area contributed by atoms with E-state index in [4.69, 9.17) is 18.0 Å². The van der Waals surface area contributed by atoms with Gasteiger partial charge in [-0.3, -0.25) is 4.79 Å².